The van der Waals surface area contributed by atoms with Crippen LogP contribution in [0.3, 0.4) is 0 Å². The van der Waals surface area contributed by atoms with Crippen molar-refractivity contribution in [2.24, 2.45) is 0 Å². The van der Waals surface area contributed by atoms with E-state index < -0.39 is 0 Å². The van der Waals surface area contributed by atoms with E-state index in [4.69, 9.17) is 0 Å². The quantitative estimate of drug-likeness (QED) is 0.588. The molecule has 1 aliphatic rings. The van der Waals surface area contributed by atoms with Crippen molar-refractivity contribution >= 4 is 5.91 Å². The van der Waals surface area contributed by atoms with Gasteiger partial charge in [-0.1, -0.05) is 13.0 Å². The van der Waals surface area contributed by atoms with Crippen molar-refractivity contribution in [2.45, 2.75) is 13.3 Å². The van der Waals surface area contributed by atoms with Crippen LogP contribution in [0.1, 0.15) is 13.3 Å². The summed E-state index contributed by atoms with van der Waals surface area (Å²) in [4.78, 5) is 15.6. The zero-order valence-electron chi connectivity index (χ0n) is 8.49. The summed E-state index contributed by atoms with van der Waals surface area (Å²) in [6.07, 6.45) is 4.53. The van der Waals surface area contributed by atoms with Gasteiger partial charge in [-0.15, -0.1) is 0 Å². The number of nitrogens with zero attached hydrogens (tertiary/aromatic N) is 2. The Hall–Kier alpha value is -0.830. The molecule has 3 heteroatoms. The molecule has 0 spiro atoms. The summed E-state index contributed by atoms with van der Waals surface area (Å²) in [6.45, 7) is 5.75. The molecule has 1 saturated heterocycles. The van der Waals surface area contributed by atoms with E-state index in [9.17, 15) is 4.79 Å². The fraction of sp³-hybridized carbons (Fsp3) is 0.700. The molecule has 0 atom stereocenters. The average molecular weight is 182 g/mol. The highest BCUT2D eigenvalue weighted by Gasteiger charge is 2.16. The van der Waals surface area contributed by atoms with Gasteiger partial charge in [-0.05, 0) is 19.5 Å². The van der Waals surface area contributed by atoms with Gasteiger partial charge >= 0.3 is 0 Å². The minimum atomic E-state index is 0.162. The normalized spacial score (nSPS) is 19.7. The Morgan fingerprint density at radius 1 is 1.31 bits per heavy atom. The summed E-state index contributed by atoms with van der Waals surface area (Å²) >= 11 is 0. The Kier molecular flexibility index (Phi) is 3.96. The second-order valence-electron chi connectivity index (χ2n) is 3.44. The van der Waals surface area contributed by atoms with Gasteiger partial charge in [0.05, 0.1) is 0 Å². The van der Waals surface area contributed by atoms with Gasteiger partial charge in [0.25, 0.3) is 0 Å². The number of carbonyl (C=O) groups excluding carboxylic acids is 1. The first-order valence-corrected chi connectivity index (χ1v) is 4.88. The molecule has 0 bridgehead atoms. The van der Waals surface area contributed by atoms with Crippen LogP contribution in [0.25, 0.3) is 0 Å². The van der Waals surface area contributed by atoms with Gasteiger partial charge in [-0.3, -0.25) is 4.79 Å². The first-order valence-electron chi connectivity index (χ1n) is 4.88. The average Bonchev–Trinajstić information content (AvgIpc) is 2.15. The van der Waals surface area contributed by atoms with Crippen LogP contribution in [0.4, 0.5) is 0 Å². The lowest BCUT2D eigenvalue weighted by molar-refractivity contribution is -0.127. The summed E-state index contributed by atoms with van der Waals surface area (Å²) in [6, 6.07) is 0. The fourth-order valence-electron chi connectivity index (χ4n) is 1.35. The zero-order valence-corrected chi connectivity index (χ0v) is 8.49. The fourth-order valence-corrected chi connectivity index (χ4v) is 1.35. The Balaban J connectivity index is 2.36. The molecule has 0 aliphatic carbocycles. The van der Waals surface area contributed by atoms with Crippen LogP contribution in [-0.4, -0.2) is 48.9 Å². The number of piperazine rings is 1. The second kappa shape index (κ2) is 5.02. The van der Waals surface area contributed by atoms with Crippen molar-refractivity contribution in [3.8, 4) is 0 Å². The van der Waals surface area contributed by atoms with Crippen molar-refractivity contribution in [1.29, 1.82) is 0 Å². The lowest BCUT2D eigenvalue weighted by atomic mass is 10.3. The first kappa shape index (κ1) is 10.3. The summed E-state index contributed by atoms with van der Waals surface area (Å²) in [5.41, 5.74) is 0. The Bertz CT molecular complexity index is 193. The third-order valence-electron chi connectivity index (χ3n) is 2.31. The molecule has 13 heavy (non-hydrogen) atoms. The van der Waals surface area contributed by atoms with Gasteiger partial charge in [0, 0.05) is 26.2 Å². The molecule has 0 N–H and O–H groups in total. The number of likely N-dealkylation sites (N-methyl/N-ethyl adjacent to an activating group) is 1. The lowest BCUT2D eigenvalue weighted by Gasteiger charge is -2.31. The van der Waals surface area contributed by atoms with Crippen LogP contribution >= 0.6 is 0 Å². The van der Waals surface area contributed by atoms with E-state index in [0.717, 1.165) is 32.6 Å². The Labute approximate surface area is 80.0 Å². The molecule has 0 aromatic rings. The molecule has 1 heterocycles. The molecule has 3 nitrogen and oxygen atoms in total. The molecular formula is C10H18N2O. The number of allylic oxidation sites excluding steroid dienone is 1. The highest BCUT2D eigenvalue weighted by Crippen LogP contribution is 2.00. The van der Waals surface area contributed by atoms with Gasteiger partial charge in [0.15, 0.2) is 0 Å². The highest BCUT2D eigenvalue weighted by molar-refractivity contribution is 5.87. The van der Waals surface area contributed by atoms with Gasteiger partial charge in [0.2, 0.25) is 5.91 Å². The first-order chi connectivity index (χ1) is 6.24. The van der Waals surface area contributed by atoms with E-state index in [2.05, 4.69) is 11.9 Å². The lowest BCUT2D eigenvalue weighted by Crippen LogP contribution is -2.46. The minimum absolute atomic E-state index is 0.162. The van der Waals surface area contributed by atoms with Gasteiger partial charge in [-0.2, -0.15) is 0 Å². The highest BCUT2D eigenvalue weighted by atomic mass is 16.2. The van der Waals surface area contributed by atoms with E-state index in [1.807, 2.05) is 17.9 Å². The van der Waals surface area contributed by atoms with Crippen LogP contribution in [-0.2, 0) is 4.79 Å². The van der Waals surface area contributed by atoms with Crippen molar-refractivity contribution in [1.82, 2.24) is 9.80 Å². The Morgan fingerprint density at radius 3 is 2.46 bits per heavy atom. The topological polar surface area (TPSA) is 23.6 Å². The van der Waals surface area contributed by atoms with E-state index >= 15 is 0 Å². The Morgan fingerprint density at radius 2 is 1.92 bits per heavy atom. The molecule has 0 radical (unpaired) electrons. The van der Waals surface area contributed by atoms with E-state index in [-0.39, 0.29) is 5.91 Å². The standard InChI is InChI=1S/C10H18N2O/c1-3-4-5-10(13)12-8-6-11(2)7-9-12/h4-5H,3,6-9H2,1-2H3. The molecule has 0 aromatic heterocycles. The maximum absolute atomic E-state index is 11.5. The smallest absolute Gasteiger partial charge is 0.246 e. The van der Waals surface area contributed by atoms with Crippen molar-refractivity contribution < 1.29 is 4.79 Å². The molecule has 74 valence electrons. The van der Waals surface area contributed by atoms with Crippen molar-refractivity contribution in [2.75, 3.05) is 33.2 Å². The van der Waals surface area contributed by atoms with Crippen molar-refractivity contribution in [3.63, 3.8) is 0 Å². The van der Waals surface area contributed by atoms with Crippen LogP contribution in [0.5, 0.6) is 0 Å². The molecule has 1 aliphatic heterocycles. The van der Waals surface area contributed by atoms with E-state index in [1.54, 1.807) is 6.08 Å². The predicted octanol–water partition coefficient (Wildman–Crippen LogP) is 0.727. The van der Waals surface area contributed by atoms with E-state index in [0.29, 0.717) is 0 Å². The molecule has 0 unspecified atom stereocenters. The predicted molar refractivity (Wildman–Crippen MR) is 53.5 cm³/mol. The molecule has 1 rings (SSSR count). The van der Waals surface area contributed by atoms with Crippen LogP contribution in [0, 0.1) is 0 Å². The number of rotatable bonds is 2. The van der Waals surface area contributed by atoms with Gasteiger partial charge < -0.3 is 9.80 Å². The van der Waals surface area contributed by atoms with Crippen LogP contribution in [0.15, 0.2) is 12.2 Å². The summed E-state index contributed by atoms with van der Waals surface area (Å²) in [7, 11) is 2.09. The SMILES string of the molecule is CCC=CC(=O)N1CCN(C)CC1. The monoisotopic (exact) mass is 182 g/mol. The van der Waals surface area contributed by atoms with Crippen LogP contribution < -0.4 is 0 Å². The van der Waals surface area contributed by atoms with Gasteiger partial charge in [-0.25, -0.2) is 0 Å². The molecular weight excluding hydrogens is 164 g/mol. The molecule has 0 aromatic carbocycles. The largest absolute Gasteiger partial charge is 0.337 e. The number of hydrogen-bond donors (Lipinski definition) is 0. The molecule has 1 fully saturated rings. The zero-order chi connectivity index (χ0) is 9.68. The number of amides is 1. The number of carbonyl (C=O) groups is 1. The maximum atomic E-state index is 11.5. The second-order valence-corrected chi connectivity index (χ2v) is 3.44. The van der Waals surface area contributed by atoms with Gasteiger partial charge in [0.1, 0.15) is 0 Å². The van der Waals surface area contributed by atoms with E-state index in [1.165, 1.54) is 0 Å². The third-order valence-corrected chi connectivity index (χ3v) is 2.31. The molecule has 0 saturated carbocycles. The summed E-state index contributed by atoms with van der Waals surface area (Å²) < 4.78 is 0. The third kappa shape index (κ3) is 3.19. The number of hydrogen-bond acceptors (Lipinski definition) is 2. The van der Waals surface area contributed by atoms with Crippen LogP contribution in [0.2, 0.25) is 0 Å². The maximum Gasteiger partial charge on any atom is 0.246 e. The van der Waals surface area contributed by atoms with Crippen molar-refractivity contribution in [3.05, 3.63) is 12.2 Å². The summed E-state index contributed by atoms with van der Waals surface area (Å²) in [5, 5.41) is 0. The minimum Gasteiger partial charge on any atom is -0.337 e. The summed E-state index contributed by atoms with van der Waals surface area (Å²) in [5.74, 6) is 0.162. The molecule has 1 amide bonds.